The molecule has 18 heavy (non-hydrogen) atoms. The number of anilines is 1. The lowest BCUT2D eigenvalue weighted by atomic mass is 10.2. The van der Waals surface area contributed by atoms with E-state index in [2.05, 4.69) is 42.0 Å². The molecule has 0 bridgehead atoms. The summed E-state index contributed by atoms with van der Waals surface area (Å²) in [5.74, 6) is 1.05. The third kappa shape index (κ3) is 5.05. The highest BCUT2D eigenvalue weighted by Crippen LogP contribution is 2.14. The molecular formula is C15H27N3. The second-order valence-electron chi connectivity index (χ2n) is 4.66. The van der Waals surface area contributed by atoms with E-state index < -0.39 is 0 Å². The monoisotopic (exact) mass is 249 g/mol. The van der Waals surface area contributed by atoms with E-state index in [1.165, 1.54) is 24.9 Å². The van der Waals surface area contributed by atoms with Crippen LogP contribution in [0.1, 0.15) is 45.6 Å². The molecule has 0 saturated heterocycles. The zero-order valence-electron chi connectivity index (χ0n) is 12.1. The average Bonchev–Trinajstić information content (AvgIpc) is 2.42. The molecule has 102 valence electrons. The number of aromatic nitrogens is 1. The second-order valence-corrected chi connectivity index (χ2v) is 4.66. The Morgan fingerprint density at radius 1 is 1.22 bits per heavy atom. The molecule has 3 heteroatoms. The number of nitrogens with one attached hydrogen (secondary N) is 1. The minimum atomic E-state index is 0.991. The summed E-state index contributed by atoms with van der Waals surface area (Å²) < 4.78 is 0. The van der Waals surface area contributed by atoms with E-state index in [1.807, 2.05) is 12.3 Å². The van der Waals surface area contributed by atoms with Gasteiger partial charge in [0, 0.05) is 24.8 Å². The van der Waals surface area contributed by atoms with Gasteiger partial charge >= 0.3 is 0 Å². The Balaban J connectivity index is 2.63. The summed E-state index contributed by atoms with van der Waals surface area (Å²) in [4.78, 5) is 6.93. The number of rotatable bonds is 9. The van der Waals surface area contributed by atoms with Crippen LogP contribution in [0.25, 0.3) is 0 Å². The van der Waals surface area contributed by atoms with E-state index in [1.54, 1.807) is 0 Å². The van der Waals surface area contributed by atoms with Gasteiger partial charge in [-0.2, -0.15) is 0 Å². The Morgan fingerprint density at radius 2 is 2.06 bits per heavy atom. The SMILES string of the molecule is CCCCN(CC)Cc1cccnc1NCCC. The average molecular weight is 249 g/mol. The molecule has 0 aromatic carbocycles. The fraction of sp³-hybridized carbons (Fsp3) is 0.667. The van der Waals surface area contributed by atoms with Crippen LogP contribution in [0.3, 0.4) is 0 Å². The van der Waals surface area contributed by atoms with Crippen molar-refractivity contribution in [3.05, 3.63) is 23.9 Å². The van der Waals surface area contributed by atoms with Crippen molar-refractivity contribution in [3.63, 3.8) is 0 Å². The van der Waals surface area contributed by atoms with Crippen molar-refractivity contribution in [2.45, 2.75) is 46.6 Å². The fourth-order valence-corrected chi connectivity index (χ4v) is 1.94. The van der Waals surface area contributed by atoms with Crippen molar-refractivity contribution in [1.29, 1.82) is 0 Å². The third-order valence-corrected chi connectivity index (χ3v) is 3.10. The third-order valence-electron chi connectivity index (χ3n) is 3.10. The molecular weight excluding hydrogens is 222 g/mol. The zero-order chi connectivity index (χ0) is 13.2. The number of nitrogens with zero attached hydrogens (tertiary/aromatic N) is 2. The van der Waals surface area contributed by atoms with Crippen molar-refractivity contribution in [3.8, 4) is 0 Å². The predicted octanol–water partition coefficient (Wildman–Crippen LogP) is 3.53. The standard InChI is InChI=1S/C15H27N3/c1-4-7-12-18(6-3)13-14-9-8-11-17-15(14)16-10-5-2/h8-9,11H,4-7,10,12-13H2,1-3H3,(H,16,17). The first kappa shape index (κ1) is 15.0. The highest BCUT2D eigenvalue weighted by molar-refractivity contribution is 5.43. The maximum absolute atomic E-state index is 4.45. The number of unbranched alkanes of at least 4 members (excludes halogenated alkanes) is 1. The van der Waals surface area contributed by atoms with Crippen molar-refractivity contribution in [2.75, 3.05) is 25.0 Å². The summed E-state index contributed by atoms with van der Waals surface area (Å²) in [5.41, 5.74) is 1.31. The molecule has 0 unspecified atom stereocenters. The van der Waals surface area contributed by atoms with E-state index in [0.717, 1.165) is 31.9 Å². The number of hydrogen-bond acceptors (Lipinski definition) is 3. The highest BCUT2D eigenvalue weighted by Gasteiger charge is 2.07. The summed E-state index contributed by atoms with van der Waals surface area (Å²) in [5, 5.41) is 3.41. The molecule has 3 nitrogen and oxygen atoms in total. The molecule has 0 aliphatic carbocycles. The normalized spacial score (nSPS) is 10.9. The van der Waals surface area contributed by atoms with Crippen LogP contribution in [0, 0.1) is 0 Å². The van der Waals surface area contributed by atoms with Crippen molar-refractivity contribution < 1.29 is 0 Å². The maximum Gasteiger partial charge on any atom is 0.130 e. The molecule has 1 aromatic heterocycles. The van der Waals surface area contributed by atoms with Crippen molar-refractivity contribution in [2.24, 2.45) is 0 Å². The topological polar surface area (TPSA) is 28.2 Å². The molecule has 0 spiro atoms. The van der Waals surface area contributed by atoms with Crippen LogP contribution in [0.2, 0.25) is 0 Å². The molecule has 0 atom stereocenters. The summed E-state index contributed by atoms with van der Waals surface area (Å²) in [6.07, 6.45) is 5.52. The quantitative estimate of drug-likeness (QED) is 0.725. The smallest absolute Gasteiger partial charge is 0.130 e. The van der Waals surface area contributed by atoms with Crippen LogP contribution in [0.4, 0.5) is 5.82 Å². The molecule has 1 aromatic rings. The Hall–Kier alpha value is -1.09. The maximum atomic E-state index is 4.45. The van der Waals surface area contributed by atoms with Gasteiger partial charge in [0.1, 0.15) is 5.82 Å². The second kappa shape index (κ2) is 8.92. The predicted molar refractivity (Wildman–Crippen MR) is 78.9 cm³/mol. The lowest BCUT2D eigenvalue weighted by Gasteiger charge is -2.21. The molecule has 0 aliphatic rings. The van der Waals surface area contributed by atoms with Gasteiger partial charge < -0.3 is 5.32 Å². The van der Waals surface area contributed by atoms with Crippen LogP contribution < -0.4 is 5.32 Å². The van der Waals surface area contributed by atoms with Crippen LogP contribution in [0.5, 0.6) is 0 Å². The fourth-order valence-electron chi connectivity index (χ4n) is 1.94. The molecule has 1 rings (SSSR count). The molecule has 0 aliphatic heterocycles. The summed E-state index contributed by atoms with van der Waals surface area (Å²) >= 11 is 0. The summed E-state index contributed by atoms with van der Waals surface area (Å²) in [6, 6.07) is 4.21. The van der Waals surface area contributed by atoms with Gasteiger partial charge in [0.25, 0.3) is 0 Å². The van der Waals surface area contributed by atoms with E-state index >= 15 is 0 Å². The first-order valence-electron chi connectivity index (χ1n) is 7.21. The Labute approximate surface area is 112 Å². The van der Waals surface area contributed by atoms with Gasteiger partial charge in [0.2, 0.25) is 0 Å². The van der Waals surface area contributed by atoms with Gasteiger partial charge in [0.05, 0.1) is 0 Å². The molecule has 0 saturated carbocycles. The van der Waals surface area contributed by atoms with Gasteiger partial charge in [-0.1, -0.05) is 33.3 Å². The highest BCUT2D eigenvalue weighted by atomic mass is 15.1. The van der Waals surface area contributed by atoms with Gasteiger partial charge in [-0.3, -0.25) is 4.90 Å². The van der Waals surface area contributed by atoms with E-state index in [4.69, 9.17) is 0 Å². The minimum Gasteiger partial charge on any atom is -0.370 e. The Kier molecular flexibility index (Phi) is 7.42. The van der Waals surface area contributed by atoms with E-state index in [0.29, 0.717) is 0 Å². The first-order valence-corrected chi connectivity index (χ1v) is 7.21. The molecule has 0 fully saturated rings. The van der Waals surface area contributed by atoms with E-state index in [9.17, 15) is 0 Å². The molecule has 1 N–H and O–H groups in total. The molecule has 0 amide bonds. The Bertz CT molecular complexity index is 325. The lowest BCUT2D eigenvalue weighted by Crippen LogP contribution is -2.24. The number of hydrogen-bond donors (Lipinski definition) is 1. The summed E-state index contributed by atoms with van der Waals surface area (Å²) in [7, 11) is 0. The summed E-state index contributed by atoms with van der Waals surface area (Å²) in [6.45, 7) is 10.9. The Morgan fingerprint density at radius 3 is 2.72 bits per heavy atom. The lowest BCUT2D eigenvalue weighted by molar-refractivity contribution is 0.275. The van der Waals surface area contributed by atoms with Crippen molar-refractivity contribution in [1.82, 2.24) is 9.88 Å². The molecule has 1 heterocycles. The van der Waals surface area contributed by atoms with Gasteiger partial charge in [-0.05, 0) is 32.0 Å². The van der Waals surface area contributed by atoms with Crippen molar-refractivity contribution >= 4 is 5.82 Å². The number of pyridine rings is 1. The first-order chi connectivity index (χ1) is 8.81. The zero-order valence-corrected chi connectivity index (χ0v) is 12.1. The largest absolute Gasteiger partial charge is 0.370 e. The van der Waals surface area contributed by atoms with Gasteiger partial charge in [0.15, 0.2) is 0 Å². The van der Waals surface area contributed by atoms with Crippen LogP contribution in [0.15, 0.2) is 18.3 Å². The molecule has 0 radical (unpaired) electrons. The van der Waals surface area contributed by atoms with Crippen LogP contribution in [-0.2, 0) is 6.54 Å². The van der Waals surface area contributed by atoms with Gasteiger partial charge in [-0.15, -0.1) is 0 Å². The van der Waals surface area contributed by atoms with Crippen LogP contribution in [-0.4, -0.2) is 29.5 Å². The van der Waals surface area contributed by atoms with Crippen LogP contribution >= 0.6 is 0 Å². The minimum absolute atomic E-state index is 0.991. The van der Waals surface area contributed by atoms with Gasteiger partial charge in [-0.25, -0.2) is 4.98 Å². The van der Waals surface area contributed by atoms with E-state index in [-0.39, 0.29) is 0 Å².